The SMILES string of the molecule is CCOc1ccc(C(=O)Nc2ccc3cn[nH]c3c2)cc1F. The smallest absolute Gasteiger partial charge is 0.255 e. The maximum absolute atomic E-state index is 13.8. The van der Waals surface area contributed by atoms with Crippen LogP contribution in [0.2, 0.25) is 0 Å². The van der Waals surface area contributed by atoms with Gasteiger partial charge in [0.05, 0.1) is 18.3 Å². The lowest BCUT2D eigenvalue weighted by Crippen LogP contribution is -2.12. The summed E-state index contributed by atoms with van der Waals surface area (Å²) >= 11 is 0. The van der Waals surface area contributed by atoms with E-state index in [2.05, 4.69) is 15.5 Å². The third kappa shape index (κ3) is 2.76. The van der Waals surface area contributed by atoms with Gasteiger partial charge in [-0.1, -0.05) is 0 Å². The van der Waals surface area contributed by atoms with E-state index in [-0.39, 0.29) is 17.2 Å². The van der Waals surface area contributed by atoms with Gasteiger partial charge in [-0.2, -0.15) is 5.10 Å². The van der Waals surface area contributed by atoms with Gasteiger partial charge >= 0.3 is 0 Å². The zero-order valence-electron chi connectivity index (χ0n) is 11.9. The zero-order chi connectivity index (χ0) is 15.5. The number of carbonyl (C=O) groups excluding carboxylic acids is 1. The van der Waals surface area contributed by atoms with Gasteiger partial charge < -0.3 is 10.1 Å². The van der Waals surface area contributed by atoms with Crippen LogP contribution in [0.15, 0.2) is 42.6 Å². The Hall–Kier alpha value is -2.89. The molecule has 5 nitrogen and oxygen atoms in total. The number of nitrogens with one attached hydrogen (secondary N) is 2. The maximum atomic E-state index is 13.8. The molecule has 112 valence electrons. The van der Waals surface area contributed by atoms with E-state index < -0.39 is 5.82 Å². The summed E-state index contributed by atoms with van der Waals surface area (Å²) in [7, 11) is 0. The minimum Gasteiger partial charge on any atom is -0.491 e. The van der Waals surface area contributed by atoms with Crippen molar-refractivity contribution >= 4 is 22.5 Å². The third-order valence-corrected chi connectivity index (χ3v) is 3.19. The average Bonchev–Trinajstić information content (AvgIpc) is 2.97. The van der Waals surface area contributed by atoms with E-state index in [1.165, 1.54) is 12.1 Å². The molecule has 0 atom stereocenters. The van der Waals surface area contributed by atoms with Crippen molar-refractivity contribution in [3.63, 3.8) is 0 Å². The molecule has 2 N–H and O–H groups in total. The Kier molecular flexibility index (Phi) is 3.74. The van der Waals surface area contributed by atoms with E-state index in [1.54, 1.807) is 25.3 Å². The first-order chi connectivity index (χ1) is 10.7. The van der Waals surface area contributed by atoms with Crippen LogP contribution in [0.1, 0.15) is 17.3 Å². The van der Waals surface area contributed by atoms with Crippen molar-refractivity contribution in [3.05, 3.63) is 54.0 Å². The number of anilines is 1. The highest BCUT2D eigenvalue weighted by Gasteiger charge is 2.11. The number of carbonyl (C=O) groups is 1. The van der Waals surface area contributed by atoms with E-state index in [4.69, 9.17) is 4.74 Å². The molecule has 0 radical (unpaired) electrons. The molecule has 0 aliphatic carbocycles. The number of aromatic amines is 1. The van der Waals surface area contributed by atoms with Crippen molar-refractivity contribution in [3.8, 4) is 5.75 Å². The lowest BCUT2D eigenvalue weighted by atomic mass is 10.2. The molecule has 1 amide bonds. The van der Waals surface area contributed by atoms with Crippen LogP contribution in [0.5, 0.6) is 5.75 Å². The van der Waals surface area contributed by atoms with Crippen molar-refractivity contribution in [2.45, 2.75) is 6.92 Å². The molecule has 0 saturated carbocycles. The van der Waals surface area contributed by atoms with Crippen molar-refractivity contribution < 1.29 is 13.9 Å². The predicted molar refractivity (Wildman–Crippen MR) is 81.6 cm³/mol. The molecule has 6 heteroatoms. The Balaban J connectivity index is 1.80. The molecule has 0 aliphatic heterocycles. The molecule has 0 bridgehead atoms. The van der Waals surface area contributed by atoms with Gasteiger partial charge in [0.15, 0.2) is 11.6 Å². The molecular weight excluding hydrogens is 285 g/mol. The van der Waals surface area contributed by atoms with Gasteiger partial charge in [0.1, 0.15) is 0 Å². The summed E-state index contributed by atoms with van der Waals surface area (Å²) < 4.78 is 18.9. The lowest BCUT2D eigenvalue weighted by molar-refractivity contribution is 0.102. The average molecular weight is 299 g/mol. The minimum absolute atomic E-state index is 0.137. The Morgan fingerprint density at radius 2 is 2.18 bits per heavy atom. The molecule has 0 spiro atoms. The van der Waals surface area contributed by atoms with Crippen molar-refractivity contribution in [2.75, 3.05) is 11.9 Å². The second-order valence-electron chi connectivity index (χ2n) is 4.70. The van der Waals surface area contributed by atoms with Crippen LogP contribution >= 0.6 is 0 Å². The molecule has 1 aromatic heterocycles. The molecule has 1 heterocycles. The highest BCUT2D eigenvalue weighted by molar-refractivity contribution is 6.05. The van der Waals surface area contributed by atoms with Gasteiger partial charge in [-0.3, -0.25) is 9.89 Å². The fraction of sp³-hybridized carbons (Fsp3) is 0.125. The summed E-state index contributed by atoms with van der Waals surface area (Å²) in [6.45, 7) is 2.14. The highest BCUT2D eigenvalue weighted by Crippen LogP contribution is 2.20. The van der Waals surface area contributed by atoms with Crippen LogP contribution in [0.4, 0.5) is 10.1 Å². The lowest BCUT2D eigenvalue weighted by Gasteiger charge is -2.08. The number of nitrogens with zero attached hydrogens (tertiary/aromatic N) is 1. The molecule has 0 fully saturated rings. The first-order valence-corrected chi connectivity index (χ1v) is 6.84. The largest absolute Gasteiger partial charge is 0.491 e. The second-order valence-corrected chi connectivity index (χ2v) is 4.70. The van der Waals surface area contributed by atoms with Crippen molar-refractivity contribution in [2.24, 2.45) is 0 Å². The van der Waals surface area contributed by atoms with E-state index >= 15 is 0 Å². The number of fused-ring (bicyclic) bond motifs is 1. The van der Waals surface area contributed by atoms with Crippen LogP contribution < -0.4 is 10.1 Å². The van der Waals surface area contributed by atoms with Crippen LogP contribution in [-0.2, 0) is 0 Å². The summed E-state index contributed by atoms with van der Waals surface area (Å²) in [5.74, 6) is -0.808. The van der Waals surface area contributed by atoms with E-state index in [0.717, 1.165) is 17.0 Å². The number of aromatic nitrogens is 2. The molecule has 2 aromatic carbocycles. The van der Waals surface area contributed by atoms with Crippen LogP contribution in [-0.4, -0.2) is 22.7 Å². The number of hydrogen-bond donors (Lipinski definition) is 2. The monoisotopic (exact) mass is 299 g/mol. The number of hydrogen-bond acceptors (Lipinski definition) is 3. The predicted octanol–water partition coefficient (Wildman–Crippen LogP) is 3.35. The molecule has 22 heavy (non-hydrogen) atoms. The normalized spacial score (nSPS) is 10.6. The third-order valence-electron chi connectivity index (χ3n) is 3.19. The number of amides is 1. The van der Waals surface area contributed by atoms with E-state index in [1.807, 2.05) is 6.07 Å². The first kappa shape index (κ1) is 14.1. The van der Waals surface area contributed by atoms with Crippen LogP contribution in [0.3, 0.4) is 0 Å². The quantitative estimate of drug-likeness (QED) is 0.776. The summed E-state index contributed by atoms with van der Waals surface area (Å²) in [6, 6.07) is 9.51. The van der Waals surface area contributed by atoms with E-state index in [9.17, 15) is 9.18 Å². The summed E-state index contributed by atoms with van der Waals surface area (Å²) in [5.41, 5.74) is 1.65. The number of halogens is 1. The molecule has 0 aliphatic rings. The molecule has 0 unspecified atom stereocenters. The van der Waals surface area contributed by atoms with Crippen LogP contribution in [0, 0.1) is 5.82 Å². The van der Waals surface area contributed by atoms with Gasteiger partial charge in [-0.25, -0.2) is 4.39 Å². The fourth-order valence-electron chi connectivity index (χ4n) is 2.13. The highest BCUT2D eigenvalue weighted by atomic mass is 19.1. The topological polar surface area (TPSA) is 67.0 Å². The fourth-order valence-corrected chi connectivity index (χ4v) is 2.13. The molecular formula is C16H14FN3O2. The maximum Gasteiger partial charge on any atom is 0.255 e. The Labute approximate surface area is 126 Å². The molecule has 3 aromatic rings. The van der Waals surface area contributed by atoms with Gasteiger partial charge in [-0.15, -0.1) is 0 Å². The Morgan fingerprint density at radius 3 is 2.95 bits per heavy atom. The Morgan fingerprint density at radius 1 is 1.32 bits per heavy atom. The number of benzene rings is 2. The first-order valence-electron chi connectivity index (χ1n) is 6.84. The van der Waals surface area contributed by atoms with Crippen LogP contribution in [0.25, 0.3) is 10.9 Å². The number of ether oxygens (including phenoxy) is 1. The standard InChI is InChI=1S/C16H14FN3O2/c1-2-22-15-6-4-10(7-13(15)17)16(21)19-12-5-3-11-9-18-20-14(11)8-12/h3-9H,2H2,1H3,(H,18,20)(H,19,21). The van der Waals surface area contributed by atoms with Gasteiger partial charge in [0.25, 0.3) is 5.91 Å². The second kappa shape index (κ2) is 5.85. The van der Waals surface area contributed by atoms with Gasteiger partial charge in [0, 0.05) is 16.6 Å². The molecule has 0 saturated heterocycles. The van der Waals surface area contributed by atoms with Gasteiger partial charge in [0.2, 0.25) is 0 Å². The number of H-pyrrole nitrogens is 1. The molecule has 3 rings (SSSR count). The Bertz CT molecular complexity index is 829. The van der Waals surface area contributed by atoms with Crippen molar-refractivity contribution in [1.82, 2.24) is 10.2 Å². The van der Waals surface area contributed by atoms with Crippen molar-refractivity contribution in [1.29, 1.82) is 0 Å². The summed E-state index contributed by atoms with van der Waals surface area (Å²) in [5, 5.41) is 10.4. The minimum atomic E-state index is -0.557. The zero-order valence-corrected chi connectivity index (χ0v) is 11.9. The number of rotatable bonds is 4. The van der Waals surface area contributed by atoms with Gasteiger partial charge in [-0.05, 0) is 43.3 Å². The van der Waals surface area contributed by atoms with E-state index in [0.29, 0.717) is 12.3 Å². The summed E-state index contributed by atoms with van der Waals surface area (Å²) in [4.78, 5) is 12.2. The summed E-state index contributed by atoms with van der Waals surface area (Å²) in [6.07, 6.45) is 1.70.